The smallest absolute Gasteiger partial charge is 0.0948 e. The lowest BCUT2D eigenvalue weighted by molar-refractivity contribution is 0.109. The van der Waals surface area contributed by atoms with Gasteiger partial charge >= 0.3 is 0 Å². The zero-order valence-electron chi connectivity index (χ0n) is 10.3. The monoisotopic (exact) mass is 207 g/mol. The fourth-order valence-electron chi connectivity index (χ4n) is 2.06. The lowest BCUT2D eigenvalue weighted by atomic mass is 9.91. The average molecular weight is 207 g/mol. The predicted octanol–water partition coefficient (Wildman–Crippen LogP) is 2.57. The Hall–Kier alpha value is -0.860. The van der Waals surface area contributed by atoms with Gasteiger partial charge in [0.25, 0.3) is 0 Å². The number of rotatable bonds is 3. The molecule has 2 nitrogen and oxygen atoms in total. The molecule has 0 spiro atoms. The van der Waals surface area contributed by atoms with E-state index in [4.69, 9.17) is 10.5 Å². The van der Waals surface area contributed by atoms with Crippen molar-refractivity contribution < 1.29 is 4.74 Å². The standard InChI is InChI=1S/C13H21NO/c1-8-6-9(2)11(4)13(10(8)3)12(7-14)15-5/h6,12H,7,14H2,1-5H3. The zero-order valence-corrected chi connectivity index (χ0v) is 10.3. The third-order valence-corrected chi connectivity index (χ3v) is 3.24. The summed E-state index contributed by atoms with van der Waals surface area (Å²) in [6.45, 7) is 9.07. The summed E-state index contributed by atoms with van der Waals surface area (Å²) in [7, 11) is 1.72. The molecule has 0 saturated carbocycles. The van der Waals surface area contributed by atoms with E-state index in [-0.39, 0.29) is 6.10 Å². The van der Waals surface area contributed by atoms with Gasteiger partial charge in [0.2, 0.25) is 0 Å². The SMILES string of the molecule is COC(CN)c1c(C)c(C)cc(C)c1C. The first-order chi connectivity index (χ1) is 7.02. The second kappa shape index (κ2) is 4.77. The van der Waals surface area contributed by atoms with Gasteiger partial charge in [-0.15, -0.1) is 0 Å². The van der Waals surface area contributed by atoms with E-state index in [9.17, 15) is 0 Å². The van der Waals surface area contributed by atoms with E-state index in [1.807, 2.05) is 0 Å². The van der Waals surface area contributed by atoms with Crippen LogP contribution in [0.4, 0.5) is 0 Å². The van der Waals surface area contributed by atoms with Gasteiger partial charge in [-0.05, 0) is 55.5 Å². The molecule has 1 aromatic rings. The van der Waals surface area contributed by atoms with Crippen molar-refractivity contribution in [2.75, 3.05) is 13.7 Å². The minimum absolute atomic E-state index is 0.0172. The van der Waals surface area contributed by atoms with E-state index in [1.54, 1.807) is 7.11 Å². The molecule has 2 heteroatoms. The highest BCUT2D eigenvalue weighted by Crippen LogP contribution is 2.28. The van der Waals surface area contributed by atoms with Gasteiger partial charge in [0.1, 0.15) is 0 Å². The van der Waals surface area contributed by atoms with E-state index < -0.39 is 0 Å². The minimum Gasteiger partial charge on any atom is -0.375 e. The van der Waals surface area contributed by atoms with Gasteiger partial charge in [0.15, 0.2) is 0 Å². The topological polar surface area (TPSA) is 35.2 Å². The van der Waals surface area contributed by atoms with Gasteiger partial charge in [-0.3, -0.25) is 0 Å². The first-order valence-corrected chi connectivity index (χ1v) is 5.33. The Morgan fingerprint density at radius 1 is 1.13 bits per heavy atom. The Kier molecular flexibility index (Phi) is 3.89. The molecule has 1 rings (SSSR count). The summed E-state index contributed by atoms with van der Waals surface area (Å²) in [4.78, 5) is 0. The van der Waals surface area contributed by atoms with Gasteiger partial charge in [0, 0.05) is 13.7 Å². The van der Waals surface area contributed by atoms with Crippen molar-refractivity contribution in [3.05, 3.63) is 33.9 Å². The van der Waals surface area contributed by atoms with E-state index in [2.05, 4.69) is 33.8 Å². The summed E-state index contributed by atoms with van der Waals surface area (Å²) < 4.78 is 5.43. The first-order valence-electron chi connectivity index (χ1n) is 5.33. The van der Waals surface area contributed by atoms with Gasteiger partial charge in [0.05, 0.1) is 6.10 Å². The number of hydrogen-bond acceptors (Lipinski definition) is 2. The number of hydrogen-bond donors (Lipinski definition) is 1. The third kappa shape index (κ3) is 2.21. The van der Waals surface area contributed by atoms with Crippen molar-refractivity contribution >= 4 is 0 Å². The molecular formula is C13H21NO. The Morgan fingerprint density at radius 2 is 1.60 bits per heavy atom. The number of ether oxygens (including phenoxy) is 1. The number of benzene rings is 1. The number of methoxy groups -OCH3 is 1. The first kappa shape index (κ1) is 12.2. The molecule has 1 aromatic carbocycles. The molecule has 84 valence electrons. The number of aryl methyl sites for hydroxylation is 2. The van der Waals surface area contributed by atoms with Crippen LogP contribution in [0.15, 0.2) is 6.07 Å². The highest BCUT2D eigenvalue weighted by atomic mass is 16.5. The molecule has 0 saturated heterocycles. The molecule has 0 radical (unpaired) electrons. The number of nitrogens with two attached hydrogens (primary N) is 1. The molecule has 1 atom stereocenters. The van der Waals surface area contributed by atoms with Crippen LogP contribution in [0.2, 0.25) is 0 Å². The molecule has 15 heavy (non-hydrogen) atoms. The van der Waals surface area contributed by atoms with Gasteiger partial charge < -0.3 is 10.5 Å². The second-order valence-corrected chi connectivity index (χ2v) is 4.13. The van der Waals surface area contributed by atoms with Gasteiger partial charge in [-0.2, -0.15) is 0 Å². The highest BCUT2D eigenvalue weighted by molar-refractivity contribution is 5.45. The summed E-state index contributed by atoms with van der Waals surface area (Å²) in [5.74, 6) is 0. The van der Waals surface area contributed by atoms with Crippen LogP contribution in [0.3, 0.4) is 0 Å². The van der Waals surface area contributed by atoms with Crippen molar-refractivity contribution in [2.24, 2.45) is 5.73 Å². The summed E-state index contributed by atoms with van der Waals surface area (Å²) >= 11 is 0. The summed E-state index contributed by atoms with van der Waals surface area (Å²) in [6.07, 6.45) is 0.0172. The predicted molar refractivity (Wildman–Crippen MR) is 64.2 cm³/mol. The van der Waals surface area contributed by atoms with Gasteiger partial charge in [-0.1, -0.05) is 6.07 Å². The molecule has 1 unspecified atom stereocenters. The third-order valence-electron chi connectivity index (χ3n) is 3.24. The highest BCUT2D eigenvalue weighted by Gasteiger charge is 2.16. The Balaban J connectivity index is 3.37. The van der Waals surface area contributed by atoms with E-state index >= 15 is 0 Å². The van der Waals surface area contributed by atoms with Crippen LogP contribution in [0.5, 0.6) is 0 Å². The fraction of sp³-hybridized carbons (Fsp3) is 0.538. The summed E-state index contributed by atoms with van der Waals surface area (Å²) in [5, 5.41) is 0. The van der Waals surface area contributed by atoms with Crippen LogP contribution in [-0.4, -0.2) is 13.7 Å². The van der Waals surface area contributed by atoms with E-state index in [1.165, 1.54) is 27.8 Å². The molecule has 0 aliphatic heterocycles. The van der Waals surface area contributed by atoms with Crippen LogP contribution < -0.4 is 5.73 Å². The molecule has 0 amide bonds. The molecule has 0 heterocycles. The lowest BCUT2D eigenvalue weighted by Gasteiger charge is -2.21. The quantitative estimate of drug-likeness (QED) is 0.826. The van der Waals surface area contributed by atoms with Crippen LogP contribution >= 0.6 is 0 Å². The molecule has 0 bridgehead atoms. The van der Waals surface area contributed by atoms with Crippen molar-refractivity contribution in [3.8, 4) is 0 Å². The molecule has 0 aromatic heterocycles. The largest absolute Gasteiger partial charge is 0.375 e. The van der Waals surface area contributed by atoms with Crippen LogP contribution in [0.1, 0.15) is 33.9 Å². The van der Waals surface area contributed by atoms with Crippen LogP contribution in [0, 0.1) is 27.7 Å². The molecule has 0 aliphatic rings. The van der Waals surface area contributed by atoms with Crippen molar-refractivity contribution in [1.82, 2.24) is 0 Å². The fourth-order valence-corrected chi connectivity index (χ4v) is 2.06. The van der Waals surface area contributed by atoms with Crippen molar-refractivity contribution in [2.45, 2.75) is 33.8 Å². The van der Waals surface area contributed by atoms with Crippen LogP contribution in [0.25, 0.3) is 0 Å². The van der Waals surface area contributed by atoms with E-state index in [0.717, 1.165) is 0 Å². The van der Waals surface area contributed by atoms with Crippen LogP contribution in [-0.2, 0) is 4.74 Å². The lowest BCUT2D eigenvalue weighted by Crippen LogP contribution is -2.17. The normalized spacial score (nSPS) is 12.9. The zero-order chi connectivity index (χ0) is 11.6. The summed E-state index contributed by atoms with van der Waals surface area (Å²) in [5.41, 5.74) is 12.2. The van der Waals surface area contributed by atoms with E-state index in [0.29, 0.717) is 6.54 Å². The maximum absolute atomic E-state index is 5.73. The molecule has 0 fully saturated rings. The average Bonchev–Trinajstić information content (AvgIpc) is 2.21. The maximum Gasteiger partial charge on any atom is 0.0948 e. The Labute approximate surface area is 92.4 Å². The minimum atomic E-state index is 0.0172. The van der Waals surface area contributed by atoms with Crippen molar-refractivity contribution in [3.63, 3.8) is 0 Å². The molecular weight excluding hydrogens is 186 g/mol. The van der Waals surface area contributed by atoms with Crippen molar-refractivity contribution in [1.29, 1.82) is 0 Å². The maximum atomic E-state index is 5.73. The second-order valence-electron chi connectivity index (χ2n) is 4.13. The Bertz CT molecular complexity index is 328. The molecule has 2 N–H and O–H groups in total. The van der Waals surface area contributed by atoms with Gasteiger partial charge in [-0.25, -0.2) is 0 Å². The summed E-state index contributed by atoms with van der Waals surface area (Å²) in [6, 6.07) is 2.22. The molecule has 0 aliphatic carbocycles. The Morgan fingerprint density at radius 3 is 1.93 bits per heavy atom.